The fourth-order valence-electron chi connectivity index (χ4n) is 3.88. The van der Waals surface area contributed by atoms with E-state index in [1.54, 1.807) is 0 Å². The lowest BCUT2D eigenvalue weighted by Crippen LogP contribution is -2.37. The molecule has 5 rings (SSSR count). The van der Waals surface area contributed by atoms with Gasteiger partial charge in [-0.1, -0.05) is 18.2 Å². The monoisotopic (exact) mass is 531 g/mol. The van der Waals surface area contributed by atoms with Crippen LogP contribution in [0.25, 0.3) is 11.1 Å². The van der Waals surface area contributed by atoms with Crippen LogP contribution in [0.15, 0.2) is 48.9 Å². The number of carbonyl (C=O) groups excluding carboxylic acids is 1. The van der Waals surface area contributed by atoms with E-state index in [2.05, 4.69) is 30.9 Å². The Balaban J connectivity index is 0.000000426. The molecular weight excluding hydrogens is 503 g/mol. The predicted octanol–water partition coefficient (Wildman–Crippen LogP) is 4.39. The first kappa shape index (κ1) is 27.1. The number of aromatic nitrogens is 3. The van der Waals surface area contributed by atoms with E-state index in [1.807, 2.05) is 49.6 Å². The van der Waals surface area contributed by atoms with Crippen molar-refractivity contribution < 1.29 is 32.6 Å². The lowest BCUT2D eigenvalue weighted by molar-refractivity contribution is -0.192. The Morgan fingerprint density at radius 3 is 2.32 bits per heavy atom. The van der Waals surface area contributed by atoms with Gasteiger partial charge < -0.3 is 24.6 Å². The molecule has 1 aliphatic carbocycles. The van der Waals surface area contributed by atoms with Crippen molar-refractivity contribution in [3.05, 3.63) is 60.2 Å². The van der Waals surface area contributed by atoms with Crippen LogP contribution in [-0.2, 0) is 16.1 Å². The third-order valence-corrected chi connectivity index (χ3v) is 6.18. The largest absolute Gasteiger partial charge is 0.490 e. The van der Waals surface area contributed by atoms with Crippen molar-refractivity contribution in [2.75, 3.05) is 36.5 Å². The lowest BCUT2D eigenvalue weighted by Gasteiger charge is -2.26. The third kappa shape index (κ3) is 7.09. The molecule has 202 valence electrons. The first-order valence-corrected chi connectivity index (χ1v) is 12.1. The second kappa shape index (κ2) is 11.6. The molecule has 2 N–H and O–H groups in total. The standard InChI is InChI=1S/C24H27N5O2.C2HF3O2/c1-17-4-2-3-5-21(17)27-23(30)22-12-19(16-29(22)15-18-6-7-18)20-13-25-24(26-14-20)28-8-10-31-11-9-28;3-2(4,5)1(6)7/h2-5,12-14,16,18H,6-11,15H2,1H3,(H,27,30);(H,6,7). The molecule has 2 aromatic heterocycles. The number of hydrogen-bond donors (Lipinski definition) is 2. The Bertz CT molecular complexity index is 1270. The number of para-hydroxylation sites is 1. The van der Waals surface area contributed by atoms with Crippen molar-refractivity contribution in [3.8, 4) is 11.1 Å². The maximum Gasteiger partial charge on any atom is 0.490 e. The van der Waals surface area contributed by atoms with Gasteiger partial charge in [0.05, 0.1) is 13.2 Å². The summed E-state index contributed by atoms with van der Waals surface area (Å²) in [7, 11) is 0. The SMILES string of the molecule is Cc1ccccc1NC(=O)c1cc(-c2cnc(N3CCOCC3)nc2)cn1CC1CC1.O=C(O)C(F)(F)F. The van der Waals surface area contributed by atoms with E-state index in [-0.39, 0.29) is 5.91 Å². The summed E-state index contributed by atoms with van der Waals surface area (Å²) in [6.07, 6.45) is 3.11. The van der Waals surface area contributed by atoms with Crippen molar-refractivity contribution in [1.29, 1.82) is 0 Å². The number of benzene rings is 1. The summed E-state index contributed by atoms with van der Waals surface area (Å²) in [6, 6.07) is 9.78. The number of aryl methyl sites for hydroxylation is 1. The summed E-state index contributed by atoms with van der Waals surface area (Å²) in [5.74, 6) is -1.47. The van der Waals surface area contributed by atoms with Gasteiger partial charge in [-0.05, 0) is 43.4 Å². The van der Waals surface area contributed by atoms with E-state index in [0.717, 1.165) is 48.0 Å². The highest BCUT2D eigenvalue weighted by molar-refractivity contribution is 6.04. The van der Waals surface area contributed by atoms with Gasteiger partial charge in [0, 0.05) is 55.0 Å². The van der Waals surface area contributed by atoms with Crippen LogP contribution in [0.4, 0.5) is 24.8 Å². The van der Waals surface area contributed by atoms with E-state index in [1.165, 1.54) is 12.8 Å². The number of aliphatic carboxylic acids is 1. The van der Waals surface area contributed by atoms with E-state index in [9.17, 15) is 18.0 Å². The van der Waals surface area contributed by atoms with Crippen LogP contribution in [0.5, 0.6) is 0 Å². The number of amides is 1. The predicted molar refractivity (Wildman–Crippen MR) is 134 cm³/mol. The Hall–Kier alpha value is -3.93. The first-order valence-electron chi connectivity index (χ1n) is 12.1. The molecule has 2 aliphatic rings. The molecule has 0 spiro atoms. The minimum absolute atomic E-state index is 0.0907. The van der Waals surface area contributed by atoms with E-state index >= 15 is 0 Å². The molecule has 1 aromatic carbocycles. The Morgan fingerprint density at radius 2 is 1.74 bits per heavy atom. The van der Waals surface area contributed by atoms with Crippen LogP contribution in [0.2, 0.25) is 0 Å². The van der Waals surface area contributed by atoms with Crippen LogP contribution >= 0.6 is 0 Å². The van der Waals surface area contributed by atoms with Crippen molar-refractivity contribution in [1.82, 2.24) is 14.5 Å². The molecule has 0 bridgehead atoms. The van der Waals surface area contributed by atoms with Gasteiger partial charge in [-0.3, -0.25) is 4.79 Å². The lowest BCUT2D eigenvalue weighted by atomic mass is 10.1. The maximum atomic E-state index is 13.1. The highest BCUT2D eigenvalue weighted by atomic mass is 19.4. The van der Waals surface area contributed by atoms with E-state index in [4.69, 9.17) is 14.6 Å². The number of ether oxygens (including phenoxy) is 1. The Kier molecular flexibility index (Phi) is 8.30. The topological polar surface area (TPSA) is 110 Å². The number of carboxylic acid groups (broad SMARTS) is 1. The van der Waals surface area contributed by atoms with Gasteiger partial charge in [-0.15, -0.1) is 0 Å². The van der Waals surface area contributed by atoms with Crippen molar-refractivity contribution in [3.63, 3.8) is 0 Å². The smallest absolute Gasteiger partial charge is 0.475 e. The molecule has 1 saturated carbocycles. The quantitative estimate of drug-likeness (QED) is 0.486. The fraction of sp³-hybridized carbons (Fsp3) is 0.385. The number of rotatable bonds is 6. The minimum Gasteiger partial charge on any atom is -0.475 e. The van der Waals surface area contributed by atoms with Crippen molar-refractivity contribution in [2.45, 2.75) is 32.5 Å². The first-order chi connectivity index (χ1) is 18.1. The highest BCUT2D eigenvalue weighted by Gasteiger charge is 2.38. The number of morpholine rings is 1. The second-order valence-electron chi connectivity index (χ2n) is 9.15. The molecular formula is C26H28F3N5O4. The molecule has 0 unspecified atom stereocenters. The van der Waals surface area contributed by atoms with Gasteiger partial charge in [-0.2, -0.15) is 13.2 Å². The Labute approximate surface area is 217 Å². The number of carbonyl (C=O) groups is 2. The summed E-state index contributed by atoms with van der Waals surface area (Å²) in [5.41, 5.74) is 4.43. The number of carboxylic acids is 1. The maximum absolute atomic E-state index is 13.1. The number of hydrogen-bond acceptors (Lipinski definition) is 6. The van der Waals surface area contributed by atoms with Crippen LogP contribution in [0.3, 0.4) is 0 Å². The summed E-state index contributed by atoms with van der Waals surface area (Å²) in [4.78, 5) is 33.3. The molecule has 0 radical (unpaired) electrons. The Morgan fingerprint density at radius 1 is 1.11 bits per heavy atom. The van der Waals surface area contributed by atoms with Gasteiger partial charge in [0.2, 0.25) is 5.95 Å². The fourth-order valence-corrected chi connectivity index (χ4v) is 3.88. The van der Waals surface area contributed by atoms with Gasteiger partial charge in [0.15, 0.2) is 0 Å². The summed E-state index contributed by atoms with van der Waals surface area (Å²) >= 11 is 0. The average molecular weight is 532 g/mol. The van der Waals surface area contributed by atoms with Gasteiger partial charge in [0.1, 0.15) is 5.69 Å². The van der Waals surface area contributed by atoms with Gasteiger partial charge in [-0.25, -0.2) is 14.8 Å². The van der Waals surface area contributed by atoms with Crippen molar-refractivity contribution >= 4 is 23.5 Å². The molecule has 3 heterocycles. The molecule has 1 saturated heterocycles. The zero-order chi connectivity index (χ0) is 27.3. The summed E-state index contributed by atoms with van der Waals surface area (Å²) in [6.45, 7) is 5.88. The third-order valence-electron chi connectivity index (χ3n) is 6.18. The van der Waals surface area contributed by atoms with Gasteiger partial charge in [0.25, 0.3) is 5.91 Å². The highest BCUT2D eigenvalue weighted by Crippen LogP contribution is 2.33. The molecule has 1 amide bonds. The summed E-state index contributed by atoms with van der Waals surface area (Å²) < 4.78 is 39.2. The van der Waals surface area contributed by atoms with Gasteiger partial charge >= 0.3 is 12.1 Å². The molecule has 0 atom stereocenters. The number of nitrogens with zero attached hydrogens (tertiary/aromatic N) is 4. The van der Waals surface area contributed by atoms with Crippen LogP contribution in [0.1, 0.15) is 28.9 Å². The molecule has 9 nitrogen and oxygen atoms in total. The molecule has 12 heteroatoms. The van der Waals surface area contributed by atoms with E-state index < -0.39 is 12.1 Å². The molecule has 1 aliphatic heterocycles. The summed E-state index contributed by atoms with van der Waals surface area (Å²) in [5, 5.41) is 10.2. The molecule has 3 aromatic rings. The minimum atomic E-state index is -5.08. The van der Waals surface area contributed by atoms with Crippen LogP contribution in [0, 0.1) is 12.8 Å². The normalized spacial score (nSPS) is 15.4. The number of nitrogens with one attached hydrogen (secondary N) is 1. The zero-order valence-corrected chi connectivity index (χ0v) is 20.7. The average Bonchev–Trinajstić information content (AvgIpc) is 3.62. The molecule has 2 fully saturated rings. The number of anilines is 2. The second-order valence-corrected chi connectivity index (χ2v) is 9.15. The van der Waals surface area contributed by atoms with Crippen LogP contribution < -0.4 is 10.2 Å². The van der Waals surface area contributed by atoms with Crippen LogP contribution in [-0.4, -0.2) is 64.0 Å². The van der Waals surface area contributed by atoms with Crippen molar-refractivity contribution in [2.24, 2.45) is 5.92 Å². The number of alkyl halides is 3. The zero-order valence-electron chi connectivity index (χ0n) is 20.7. The number of halogens is 3. The van der Waals surface area contributed by atoms with E-state index in [0.29, 0.717) is 24.8 Å². The molecule has 38 heavy (non-hydrogen) atoms.